The van der Waals surface area contributed by atoms with Crippen molar-refractivity contribution in [2.75, 3.05) is 13.7 Å². The monoisotopic (exact) mass is 415 g/mol. The van der Waals surface area contributed by atoms with Crippen LogP contribution in [0.15, 0.2) is 64.3 Å². The highest BCUT2D eigenvalue weighted by Crippen LogP contribution is 2.17. The van der Waals surface area contributed by atoms with Crippen molar-refractivity contribution in [3.63, 3.8) is 0 Å². The minimum Gasteiger partial charge on any atom is -0.496 e. The molecule has 0 unspecified atom stereocenters. The molecule has 0 fully saturated rings. The highest BCUT2D eigenvalue weighted by atomic mass is 32.2. The maximum absolute atomic E-state index is 12.5. The van der Waals surface area contributed by atoms with E-state index in [2.05, 4.69) is 15.0 Å². The molecule has 0 aliphatic carbocycles. The molecule has 1 heterocycles. The van der Waals surface area contributed by atoms with Crippen LogP contribution in [0, 0.1) is 0 Å². The number of rotatable bonds is 8. The first-order chi connectivity index (χ1) is 13.9. The minimum absolute atomic E-state index is 0.00468. The van der Waals surface area contributed by atoms with Crippen LogP contribution in [-0.4, -0.2) is 33.0 Å². The topological polar surface area (TPSA) is 117 Å². The van der Waals surface area contributed by atoms with Gasteiger partial charge in [-0.05, 0) is 35.7 Å². The van der Waals surface area contributed by atoms with Crippen molar-refractivity contribution < 1.29 is 17.9 Å². The molecule has 1 aromatic heterocycles. The fourth-order valence-electron chi connectivity index (χ4n) is 2.81. The molecule has 0 spiro atoms. The van der Waals surface area contributed by atoms with Gasteiger partial charge in [-0.15, -0.1) is 0 Å². The molecular weight excluding hydrogens is 394 g/mol. The van der Waals surface area contributed by atoms with Crippen LogP contribution in [0.2, 0.25) is 0 Å². The number of ether oxygens (including phenoxy) is 1. The Bertz CT molecular complexity index is 1190. The molecule has 2 aromatic carbocycles. The van der Waals surface area contributed by atoms with Crippen LogP contribution < -0.4 is 20.3 Å². The fraction of sp³-hybridized carbons (Fsp3) is 0.200. The molecule has 0 saturated heterocycles. The van der Waals surface area contributed by atoms with Crippen LogP contribution in [0.3, 0.4) is 0 Å². The fourth-order valence-corrected chi connectivity index (χ4v) is 3.88. The lowest BCUT2D eigenvalue weighted by Crippen LogP contribution is -2.30. The summed E-state index contributed by atoms with van der Waals surface area (Å²) in [6, 6.07) is 14.6. The van der Waals surface area contributed by atoms with Gasteiger partial charge in [0, 0.05) is 36.7 Å². The first-order valence-corrected chi connectivity index (χ1v) is 10.4. The number of H-pyrrole nitrogens is 1. The first kappa shape index (κ1) is 20.6. The highest BCUT2D eigenvalue weighted by Gasteiger charge is 2.15. The average molecular weight is 415 g/mol. The van der Waals surface area contributed by atoms with Gasteiger partial charge in [-0.25, -0.2) is 13.1 Å². The van der Waals surface area contributed by atoms with Gasteiger partial charge in [-0.1, -0.05) is 18.2 Å². The Morgan fingerprint density at radius 2 is 1.90 bits per heavy atom. The number of carbonyl (C=O) groups excluding carboxylic acids is 1. The maximum atomic E-state index is 12.5. The third-order valence-electron chi connectivity index (χ3n) is 4.32. The van der Waals surface area contributed by atoms with Crippen LogP contribution in [0.4, 0.5) is 0 Å². The third-order valence-corrected chi connectivity index (χ3v) is 5.78. The van der Waals surface area contributed by atoms with E-state index in [-0.39, 0.29) is 29.3 Å². The highest BCUT2D eigenvalue weighted by molar-refractivity contribution is 7.89. The van der Waals surface area contributed by atoms with Crippen LogP contribution in [-0.2, 0) is 21.4 Å². The molecule has 9 heteroatoms. The van der Waals surface area contributed by atoms with E-state index in [0.29, 0.717) is 23.2 Å². The molecule has 0 radical (unpaired) electrons. The summed E-state index contributed by atoms with van der Waals surface area (Å²) in [5, 5.41) is 3.34. The Kier molecular flexibility index (Phi) is 6.30. The van der Waals surface area contributed by atoms with Gasteiger partial charge < -0.3 is 15.0 Å². The zero-order valence-electron chi connectivity index (χ0n) is 15.8. The molecule has 3 rings (SSSR count). The largest absolute Gasteiger partial charge is 0.496 e. The van der Waals surface area contributed by atoms with Crippen molar-refractivity contribution in [3.05, 3.63) is 70.5 Å². The Morgan fingerprint density at radius 1 is 1.10 bits per heavy atom. The summed E-state index contributed by atoms with van der Waals surface area (Å²) in [4.78, 5) is 26.0. The van der Waals surface area contributed by atoms with E-state index in [1.807, 2.05) is 18.2 Å². The summed E-state index contributed by atoms with van der Waals surface area (Å²) in [6.07, 6.45) is -0.00468. The van der Waals surface area contributed by atoms with Crippen molar-refractivity contribution in [3.8, 4) is 5.75 Å². The second kappa shape index (κ2) is 8.89. The molecule has 0 aliphatic heterocycles. The van der Waals surface area contributed by atoms with Crippen molar-refractivity contribution in [1.82, 2.24) is 15.0 Å². The SMILES string of the molecule is COc1ccccc1CNC(=O)CCNS(=O)(=O)c1ccc2[nH]c(=O)ccc2c1. The predicted octanol–water partition coefficient (Wildman–Crippen LogP) is 1.52. The zero-order valence-corrected chi connectivity index (χ0v) is 16.6. The van der Waals surface area contributed by atoms with E-state index in [4.69, 9.17) is 4.74 Å². The summed E-state index contributed by atoms with van der Waals surface area (Å²) in [5.41, 5.74) is 1.12. The number of carbonyl (C=O) groups is 1. The molecule has 8 nitrogen and oxygen atoms in total. The lowest BCUT2D eigenvalue weighted by atomic mass is 10.2. The number of hydrogen-bond acceptors (Lipinski definition) is 5. The number of fused-ring (bicyclic) bond motifs is 1. The van der Waals surface area contributed by atoms with Gasteiger partial charge in [0.2, 0.25) is 21.5 Å². The number of benzene rings is 2. The van der Waals surface area contributed by atoms with Gasteiger partial charge in [-0.2, -0.15) is 0 Å². The summed E-state index contributed by atoms with van der Waals surface area (Å²) < 4.78 is 32.6. The summed E-state index contributed by atoms with van der Waals surface area (Å²) in [5.74, 6) is 0.390. The molecule has 0 atom stereocenters. The van der Waals surface area contributed by atoms with Crippen molar-refractivity contribution >= 4 is 26.8 Å². The molecule has 1 amide bonds. The molecule has 3 aromatic rings. The number of aromatic amines is 1. The number of nitrogens with one attached hydrogen (secondary N) is 3. The number of amides is 1. The van der Waals surface area contributed by atoms with Gasteiger partial charge in [0.25, 0.3) is 0 Å². The maximum Gasteiger partial charge on any atom is 0.248 e. The van der Waals surface area contributed by atoms with Crippen molar-refractivity contribution in [2.24, 2.45) is 0 Å². The second-order valence-corrected chi connectivity index (χ2v) is 8.07. The predicted molar refractivity (Wildman–Crippen MR) is 109 cm³/mol. The quantitative estimate of drug-likeness (QED) is 0.516. The lowest BCUT2D eigenvalue weighted by molar-refractivity contribution is -0.121. The number of pyridine rings is 1. The number of para-hydroxylation sites is 1. The van der Waals surface area contributed by atoms with Crippen LogP contribution in [0.1, 0.15) is 12.0 Å². The molecule has 29 heavy (non-hydrogen) atoms. The lowest BCUT2D eigenvalue weighted by Gasteiger charge is -2.10. The third kappa shape index (κ3) is 5.21. The smallest absolute Gasteiger partial charge is 0.248 e. The average Bonchev–Trinajstić information content (AvgIpc) is 2.71. The summed E-state index contributed by atoms with van der Waals surface area (Å²) in [6.45, 7) is 0.252. The van der Waals surface area contributed by atoms with E-state index < -0.39 is 10.0 Å². The Hall–Kier alpha value is -3.17. The first-order valence-electron chi connectivity index (χ1n) is 8.90. The second-order valence-electron chi connectivity index (χ2n) is 6.31. The standard InChI is InChI=1S/C20H21N3O5S/c1-28-18-5-3-2-4-15(18)13-21-19(24)10-11-22-29(26,27)16-7-8-17-14(12-16)6-9-20(25)23-17/h2-9,12,22H,10-11,13H2,1H3,(H,21,24)(H,23,25). The summed E-state index contributed by atoms with van der Waals surface area (Å²) in [7, 11) is -2.22. The van der Waals surface area contributed by atoms with Crippen LogP contribution >= 0.6 is 0 Å². The zero-order chi connectivity index (χ0) is 20.9. The Balaban J connectivity index is 1.55. The molecule has 0 bridgehead atoms. The molecule has 0 saturated carbocycles. The van der Waals surface area contributed by atoms with Gasteiger partial charge >= 0.3 is 0 Å². The normalized spacial score (nSPS) is 11.3. The van der Waals surface area contributed by atoms with Crippen LogP contribution in [0.5, 0.6) is 5.75 Å². The van der Waals surface area contributed by atoms with Gasteiger partial charge in [0.05, 0.1) is 12.0 Å². The van der Waals surface area contributed by atoms with Crippen LogP contribution in [0.25, 0.3) is 10.9 Å². The number of aromatic nitrogens is 1. The minimum atomic E-state index is -3.78. The van der Waals surface area contributed by atoms with Crippen molar-refractivity contribution in [2.45, 2.75) is 17.9 Å². The van der Waals surface area contributed by atoms with E-state index in [1.165, 1.54) is 24.3 Å². The van der Waals surface area contributed by atoms with E-state index >= 15 is 0 Å². The Morgan fingerprint density at radius 3 is 2.69 bits per heavy atom. The summed E-state index contributed by atoms with van der Waals surface area (Å²) >= 11 is 0. The molecular formula is C20H21N3O5S. The van der Waals surface area contributed by atoms with E-state index in [0.717, 1.165) is 5.56 Å². The molecule has 152 valence electrons. The van der Waals surface area contributed by atoms with E-state index in [1.54, 1.807) is 19.2 Å². The number of sulfonamides is 1. The van der Waals surface area contributed by atoms with Gasteiger partial charge in [0.1, 0.15) is 5.75 Å². The Labute approximate surface area is 168 Å². The molecule has 3 N–H and O–H groups in total. The van der Waals surface area contributed by atoms with E-state index in [9.17, 15) is 18.0 Å². The molecule has 0 aliphatic rings. The number of methoxy groups -OCH3 is 1. The number of hydrogen-bond donors (Lipinski definition) is 3. The van der Waals surface area contributed by atoms with Gasteiger partial charge in [-0.3, -0.25) is 9.59 Å². The van der Waals surface area contributed by atoms with Gasteiger partial charge in [0.15, 0.2) is 0 Å². The van der Waals surface area contributed by atoms with Crippen molar-refractivity contribution in [1.29, 1.82) is 0 Å².